The average Bonchev–Trinajstić information content (AvgIpc) is 3.36. The molecule has 0 aliphatic carbocycles. The fourth-order valence-corrected chi connectivity index (χ4v) is 7.00. The van der Waals surface area contributed by atoms with Crippen LogP contribution in [0.3, 0.4) is 0 Å². The topological polar surface area (TPSA) is 125 Å². The number of hydrogen-bond acceptors (Lipinski definition) is 7. The van der Waals surface area contributed by atoms with Crippen LogP contribution in [0.5, 0.6) is 0 Å². The van der Waals surface area contributed by atoms with Crippen LogP contribution in [0.2, 0.25) is 0 Å². The SMILES string of the molecule is CC(C)(C)N1CC=C[C@@]23O[C@H]4/C=C\CCC(=O)NC[C@H](c5ccccc5)OC(=O)[C@H]4[C@@H]2C(=O)N(CCCCCCO)[C@H]3C1=O. The van der Waals surface area contributed by atoms with Gasteiger partial charge >= 0.3 is 5.97 Å². The summed E-state index contributed by atoms with van der Waals surface area (Å²) in [6, 6.07) is 8.28. The lowest BCUT2D eigenvalue weighted by molar-refractivity contribution is -0.160. The van der Waals surface area contributed by atoms with Crippen molar-refractivity contribution in [1.82, 2.24) is 15.1 Å². The standard InChI is InChI=1S/C34H45N3O7/c1-33(2,3)37-20-13-18-34-28(30(40)36(29(34)31(37)41)19-11-4-5-12-21-38)27-24(44-34)16-9-10-17-26(39)35-22-25(43-32(27)42)23-14-7-6-8-15-23/h6-9,13-16,18,24-25,27-29,38H,4-5,10-12,17,19-22H2,1-3H3,(H,35,39)/b16-9-/t24-,25+,27+,28+,29-,34+/m0/s1. The van der Waals surface area contributed by atoms with Gasteiger partial charge in [0, 0.05) is 31.7 Å². The number of carbonyl (C=O) groups excluding carboxylic acids is 4. The molecule has 2 saturated heterocycles. The number of carbonyl (C=O) groups is 4. The number of aliphatic hydroxyl groups is 1. The summed E-state index contributed by atoms with van der Waals surface area (Å²) in [5.74, 6) is -3.20. The highest BCUT2D eigenvalue weighted by atomic mass is 16.6. The number of fused-ring (bicyclic) bond motifs is 2. The molecule has 1 aromatic rings. The molecule has 2 fully saturated rings. The van der Waals surface area contributed by atoms with Crippen LogP contribution < -0.4 is 5.32 Å². The van der Waals surface area contributed by atoms with E-state index >= 15 is 0 Å². The van der Waals surface area contributed by atoms with Crippen molar-refractivity contribution in [3.05, 3.63) is 60.2 Å². The molecule has 4 heterocycles. The van der Waals surface area contributed by atoms with Crippen LogP contribution in [0.25, 0.3) is 0 Å². The van der Waals surface area contributed by atoms with Crippen LogP contribution in [-0.2, 0) is 28.7 Å². The zero-order valence-corrected chi connectivity index (χ0v) is 25.9. The summed E-state index contributed by atoms with van der Waals surface area (Å²) in [5.41, 5.74) is -1.13. The van der Waals surface area contributed by atoms with Crippen LogP contribution in [0.15, 0.2) is 54.6 Å². The monoisotopic (exact) mass is 607 g/mol. The number of aliphatic hydroxyl groups excluding tert-OH is 1. The Morgan fingerprint density at radius 2 is 1.75 bits per heavy atom. The van der Waals surface area contributed by atoms with Gasteiger partial charge in [-0.15, -0.1) is 0 Å². The lowest BCUT2D eigenvalue weighted by Gasteiger charge is -2.40. The fraction of sp³-hybridized carbons (Fsp3) is 0.588. The molecule has 10 nitrogen and oxygen atoms in total. The molecule has 4 aliphatic heterocycles. The second kappa shape index (κ2) is 13.2. The summed E-state index contributed by atoms with van der Waals surface area (Å²) in [4.78, 5) is 59.0. The van der Waals surface area contributed by atoms with E-state index in [1.807, 2.05) is 63.3 Å². The quantitative estimate of drug-likeness (QED) is 0.277. The molecule has 6 atom stereocenters. The van der Waals surface area contributed by atoms with Crippen molar-refractivity contribution < 1.29 is 33.8 Å². The van der Waals surface area contributed by atoms with Crippen LogP contribution >= 0.6 is 0 Å². The molecule has 10 heteroatoms. The maximum absolute atomic E-state index is 14.5. The molecule has 1 aromatic carbocycles. The first kappa shape index (κ1) is 31.9. The summed E-state index contributed by atoms with van der Waals surface area (Å²) < 4.78 is 12.9. The van der Waals surface area contributed by atoms with E-state index in [4.69, 9.17) is 9.47 Å². The van der Waals surface area contributed by atoms with Crippen molar-refractivity contribution in [3.63, 3.8) is 0 Å². The summed E-state index contributed by atoms with van der Waals surface area (Å²) in [5, 5.41) is 12.1. The minimum Gasteiger partial charge on any atom is -0.455 e. The number of nitrogens with zero attached hydrogens (tertiary/aromatic N) is 2. The molecule has 5 rings (SSSR count). The molecular weight excluding hydrogens is 562 g/mol. The number of cyclic esters (lactones) is 1. The van der Waals surface area contributed by atoms with Gasteiger partial charge in [0.15, 0.2) is 0 Å². The third-order valence-electron chi connectivity index (χ3n) is 9.16. The predicted octanol–water partition coefficient (Wildman–Crippen LogP) is 3.07. The smallest absolute Gasteiger partial charge is 0.313 e. The molecule has 238 valence electrons. The zero-order valence-electron chi connectivity index (χ0n) is 25.9. The van der Waals surface area contributed by atoms with Crippen molar-refractivity contribution in [3.8, 4) is 0 Å². The number of rotatable bonds is 7. The van der Waals surface area contributed by atoms with Crippen molar-refractivity contribution in [2.45, 2.75) is 88.7 Å². The molecule has 0 saturated carbocycles. The fourth-order valence-electron chi connectivity index (χ4n) is 7.00. The first-order chi connectivity index (χ1) is 21.1. The van der Waals surface area contributed by atoms with E-state index < -0.39 is 47.2 Å². The van der Waals surface area contributed by atoms with Gasteiger partial charge in [-0.1, -0.05) is 67.5 Å². The number of allylic oxidation sites excluding steroid dienone is 1. The average molecular weight is 608 g/mol. The zero-order chi connectivity index (χ0) is 31.5. The van der Waals surface area contributed by atoms with Gasteiger partial charge in [-0.05, 0) is 45.6 Å². The van der Waals surface area contributed by atoms with Crippen LogP contribution in [0, 0.1) is 11.8 Å². The molecule has 0 unspecified atom stereocenters. The van der Waals surface area contributed by atoms with Gasteiger partial charge in [0.2, 0.25) is 17.7 Å². The van der Waals surface area contributed by atoms with E-state index in [0.717, 1.165) is 18.4 Å². The van der Waals surface area contributed by atoms with Crippen molar-refractivity contribution >= 4 is 23.7 Å². The van der Waals surface area contributed by atoms with Crippen molar-refractivity contribution in [2.75, 3.05) is 26.2 Å². The highest BCUT2D eigenvalue weighted by Gasteiger charge is 2.72. The Kier molecular flexibility index (Phi) is 9.60. The lowest BCUT2D eigenvalue weighted by Crippen LogP contribution is -2.58. The molecule has 0 aromatic heterocycles. The van der Waals surface area contributed by atoms with E-state index in [-0.39, 0.29) is 37.3 Å². The summed E-state index contributed by atoms with van der Waals surface area (Å²) in [6.07, 6.45) is 9.33. The van der Waals surface area contributed by atoms with Gasteiger partial charge in [-0.25, -0.2) is 0 Å². The number of hydrogen-bond donors (Lipinski definition) is 2. The molecule has 2 N–H and O–H groups in total. The Morgan fingerprint density at radius 1 is 1.00 bits per heavy atom. The summed E-state index contributed by atoms with van der Waals surface area (Å²) in [7, 11) is 0. The van der Waals surface area contributed by atoms with Crippen molar-refractivity contribution in [1.29, 1.82) is 0 Å². The maximum Gasteiger partial charge on any atom is 0.313 e. The Balaban J connectivity index is 1.55. The third-order valence-corrected chi connectivity index (χ3v) is 9.16. The largest absolute Gasteiger partial charge is 0.455 e. The van der Waals surface area contributed by atoms with Gasteiger partial charge in [-0.3, -0.25) is 19.2 Å². The van der Waals surface area contributed by atoms with E-state index in [2.05, 4.69) is 5.32 Å². The number of esters is 1. The first-order valence-electron chi connectivity index (χ1n) is 15.9. The Bertz CT molecular complexity index is 1290. The van der Waals surface area contributed by atoms with Crippen LogP contribution in [0.1, 0.15) is 71.0 Å². The Morgan fingerprint density at radius 3 is 2.48 bits per heavy atom. The molecule has 44 heavy (non-hydrogen) atoms. The van der Waals surface area contributed by atoms with Gasteiger partial charge in [0.1, 0.15) is 23.7 Å². The minimum atomic E-state index is -1.35. The van der Waals surface area contributed by atoms with Gasteiger partial charge in [0.05, 0.1) is 18.6 Å². The van der Waals surface area contributed by atoms with Gasteiger partial charge in [0.25, 0.3) is 0 Å². The predicted molar refractivity (Wildman–Crippen MR) is 163 cm³/mol. The molecule has 0 bridgehead atoms. The Labute approximate surface area is 259 Å². The number of amides is 3. The summed E-state index contributed by atoms with van der Waals surface area (Å²) >= 11 is 0. The van der Waals surface area contributed by atoms with Crippen molar-refractivity contribution in [2.24, 2.45) is 11.8 Å². The normalized spacial score (nSPS) is 31.7. The second-order valence-electron chi connectivity index (χ2n) is 13.1. The van der Waals surface area contributed by atoms with E-state index in [1.165, 1.54) is 0 Å². The molecule has 1 spiro atoms. The molecule has 0 radical (unpaired) electrons. The highest BCUT2D eigenvalue weighted by molar-refractivity contribution is 5.99. The molecule has 4 aliphatic rings. The second-order valence-corrected chi connectivity index (χ2v) is 13.1. The number of ether oxygens (including phenoxy) is 2. The first-order valence-corrected chi connectivity index (χ1v) is 15.9. The minimum absolute atomic E-state index is 0.0990. The maximum atomic E-state index is 14.5. The lowest BCUT2D eigenvalue weighted by atomic mass is 9.77. The van der Waals surface area contributed by atoms with E-state index in [0.29, 0.717) is 32.4 Å². The summed E-state index contributed by atoms with van der Waals surface area (Å²) in [6.45, 7) is 6.80. The number of nitrogens with one attached hydrogen (secondary N) is 1. The Hall–Kier alpha value is -3.50. The molecule has 3 amide bonds. The molecular formula is C34H45N3O7. The van der Waals surface area contributed by atoms with E-state index in [9.17, 15) is 24.3 Å². The van der Waals surface area contributed by atoms with Gasteiger partial charge < -0.3 is 29.7 Å². The third kappa shape index (κ3) is 6.19. The van der Waals surface area contributed by atoms with Crippen LogP contribution in [0.4, 0.5) is 0 Å². The number of benzene rings is 1. The van der Waals surface area contributed by atoms with Crippen LogP contribution in [-0.4, -0.2) is 88.1 Å². The number of unbranched alkanes of at least 4 members (excludes halogenated alkanes) is 3. The van der Waals surface area contributed by atoms with E-state index in [1.54, 1.807) is 22.0 Å². The highest BCUT2D eigenvalue weighted by Crippen LogP contribution is 2.53. The number of likely N-dealkylation sites (tertiary alicyclic amines) is 1. The van der Waals surface area contributed by atoms with Gasteiger partial charge in [-0.2, -0.15) is 0 Å².